The third kappa shape index (κ3) is 4.87. The van der Waals surface area contributed by atoms with Crippen molar-refractivity contribution in [2.24, 2.45) is 5.73 Å². The van der Waals surface area contributed by atoms with Gasteiger partial charge in [0, 0.05) is 29.6 Å². The summed E-state index contributed by atoms with van der Waals surface area (Å²) in [7, 11) is -3.95. The number of anilines is 1. The summed E-state index contributed by atoms with van der Waals surface area (Å²) in [6.45, 7) is 2.26. The number of aromatic amines is 1. The molecule has 9 heteroatoms. The molecular formula is C26H25FN4O3S. The Kier molecular flexibility index (Phi) is 6.81. The molecule has 0 unspecified atom stereocenters. The van der Waals surface area contributed by atoms with E-state index in [0.717, 1.165) is 23.1 Å². The van der Waals surface area contributed by atoms with E-state index in [1.807, 2.05) is 31.2 Å². The molecule has 4 aromatic rings. The van der Waals surface area contributed by atoms with Crippen LogP contribution in [0.1, 0.15) is 28.7 Å². The summed E-state index contributed by atoms with van der Waals surface area (Å²) in [5.41, 5.74) is 9.32. The second-order valence-corrected chi connectivity index (χ2v) is 10.0. The minimum absolute atomic E-state index is 0.0727. The highest BCUT2D eigenvalue weighted by Crippen LogP contribution is 2.34. The highest BCUT2D eigenvalue weighted by molar-refractivity contribution is 7.90. The standard InChI is InChI=1S/C26H25FN4O3S/c1-3-20-22(18-11-7-8-16(14-18)15-28)24(31-30-20)26(32)29-21-13-12-19(17-9-5-4-6-10-17)25(23(21)27)35(2,33)34/h4-14H,3,15,28H2,1-2H3,(H,29,32)(H,30,31). The highest BCUT2D eigenvalue weighted by atomic mass is 32.2. The van der Waals surface area contributed by atoms with Crippen LogP contribution >= 0.6 is 0 Å². The number of carbonyl (C=O) groups is 1. The van der Waals surface area contributed by atoms with Crippen molar-refractivity contribution in [3.05, 3.63) is 89.5 Å². The predicted octanol–water partition coefficient (Wildman–Crippen LogP) is 4.56. The van der Waals surface area contributed by atoms with E-state index in [2.05, 4.69) is 15.5 Å². The first kappa shape index (κ1) is 24.3. The van der Waals surface area contributed by atoms with Gasteiger partial charge in [-0.2, -0.15) is 5.10 Å². The minimum Gasteiger partial charge on any atom is -0.326 e. The lowest BCUT2D eigenvalue weighted by molar-refractivity contribution is 0.102. The van der Waals surface area contributed by atoms with Crippen LogP contribution in [0, 0.1) is 5.82 Å². The van der Waals surface area contributed by atoms with Gasteiger partial charge in [-0.05, 0) is 35.2 Å². The second-order valence-electron chi connectivity index (χ2n) is 8.08. The first-order chi connectivity index (χ1) is 16.7. The molecule has 0 radical (unpaired) electrons. The van der Waals surface area contributed by atoms with E-state index in [-0.39, 0.29) is 16.9 Å². The number of nitrogens with two attached hydrogens (primary N) is 1. The van der Waals surface area contributed by atoms with Gasteiger partial charge >= 0.3 is 0 Å². The SMILES string of the molecule is CCc1[nH]nc(C(=O)Nc2ccc(-c3ccccc3)c(S(C)(=O)=O)c2F)c1-c1cccc(CN)c1. The molecule has 0 saturated carbocycles. The number of rotatable bonds is 7. The molecule has 0 fully saturated rings. The number of aryl methyl sites for hydroxylation is 1. The number of sulfone groups is 1. The Labute approximate surface area is 203 Å². The first-order valence-corrected chi connectivity index (χ1v) is 12.9. The van der Waals surface area contributed by atoms with Crippen molar-refractivity contribution in [2.75, 3.05) is 11.6 Å². The molecule has 0 aliphatic carbocycles. The van der Waals surface area contributed by atoms with Gasteiger partial charge in [0.15, 0.2) is 21.3 Å². The number of amides is 1. The first-order valence-electron chi connectivity index (χ1n) is 11.0. The monoisotopic (exact) mass is 492 g/mol. The lowest BCUT2D eigenvalue weighted by atomic mass is 9.99. The van der Waals surface area contributed by atoms with Crippen LogP contribution in [0.15, 0.2) is 71.6 Å². The van der Waals surface area contributed by atoms with Gasteiger partial charge in [-0.25, -0.2) is 12.8 Å². The van der Waals surface area contributed by atoms with E-state index < -0.39 is 26.5 Å². The molecule has 0 bridgehead atoms. The van der Waals surface area contributed by atoms with Crippen molar-refractivity contribution in [2.45, 2.75) is 24.8 Å². The van der Waals surface area contributed by atoms with Crippen molar-refractivity contribution >= 4 is 21.4 Å². The second kappa shape index (κ2) is 9.81. The van der Waals surface area contributed by atoms with Gasteiger partial charge in [0.2, 0.25) is 0 Å². The smallest absolute Gasteiger partial charge is 0.276 e. The van der Waals surface area contributed by atoms with Crippen LogP contribution < -0.4 is 11.1 Å². The molecule has 180 valence electrons. The summed E-state index contributed by atoms with van der Waals surface area (Å²) in [6.07, 6.45) is 1.52. The van der Waals surface area contributed by atoms with E-state index in [1.54, 1.807) is 30.3 Å². The summed E-state index contributed by atoms with van der Waals surface area (Å²) in [4.78, 5) is 12.7. The molecule has 1 amide bonds. The molecule has 1 heterocycles. The maximum Gasteiger partial charge on any atom is 0.276 e. The average molecular weight is 493 g/mol. The topological polar surface area (TPSA) is 118 Å². The molecule has 0 spiro atoms. The van der Waals surface area contributed by atoms with Gasteiger partial charge in [-0.3, -0.25) is 9.89 Å². The van der Waals surface area contributed by atoms with Crippen molar-refractivity contribution in [1.29, 1.82) is 0 Å². The van der Waals surface area contributed by atoms with Gasteiger partial charge in [0.25, 0.3) is 5.91 Å². The normalized spacial score (nSPS) is 11.4. The Morgan fingerprint density at radius 3 is 2.43 bits per heavy atom. The number of halogens is 1. The van der Waals surface area contributed by atoms with Gasteiger partial charge in [0.05, 0.1) is 5.69 Å². The minimum atomic E-state index is -3.95. The highest BCUT2D eigenvalue weighted by Gasteiger charge is 2.26. The number of hydrogen-bond acceptors (Lipinski definition) is 5. The maximum atomic E-state index is 15.5. The molecule has 3 aromatic carbocycles. The molecule has 0 saturated heterocycles. The number of nitrogens with zero attached hydrogens (tertiary/aromatic N) is 1. The van der Waals surface area contributed by atoms with Gasteiger partial charge < -0.3 is 11.1 Å². The molecule has 4 N–H and O–H groups in total. The molecule has 1 aromatic heterocycles. The van der Waals surface area contributed by atoms with Gasteiger partial charge in [-0.1, -0.05) is 61.5 Å². The van der Waals surface area contributed by atoms with Crippen LogP contribution in [0.4, 0.5) is 10.1 Å². The van der Waals surface area contributed by atoms with Crippen LogP contribution in [-0.2, 0) is 22.8 Å². The zero-order valence-electron chi connectivity index (χ0n) is 19.3. The van der Waals surface area contributed by atoms with Crippen LogP contribution in [-0.4, -0.2) is 30.8 Å². The Morgan fingerprint density at radius 1 is 1.06 bits per heavy atom. The molecule has 4 rings (SSSR count). The summed E-state index contributed by atoms with van der Waals surface area (Å²) in [5, 5.41) is 9.56. The van der Waals surface area contributed by atoms with E-state index in [0.29, 0.717) is 24.1 Å². The van der Waals surface area contributed by atoms with Crippen molar-refractivity contribution in [3.8, 4) is 22.3 Å². The molecular weight excluding hydrogens is 467 g/mol. The predicted molar refractivity (Wildman–Crippen MR) is 134 cm³/mol. The zero-order chi connectivity index (χ0) is 25.2. The summed E-state index contributed by atoms with van der Waals surface area (Å²) in [5.74, 6) is -1.69. The lowest BCUT2D eigenvalue weighted by Crippen LogP contribution is -2.16. The number of carbonyl (C=O) groups excluding carboxylic acids is 1. The van der Waals surface area contributed by atoms with Crippen LogP contribution in [0.25, 0.3) is 22.3 Å². The molecule has 0 aliphatic heterocycles. The lowest BCUT2D eigenvalue weighted by Gasteiger charge is -2.14. The zero-order valence-corrected chi connectivity index (χ0v) is 20.1. The number of nitrogens with one attached hydrogen (secondary N) is 2. The van der Waals surface area contributed by atoms with Crippen molar-refractivity contribution in [3.63, 3.8) is 0 Å². The number of H-pyrrole nitrogens is 1. The molecule has 0 atom stereocenters. The maximum absolute atomic E-state index is 15.5. The van der Waals surface area contributed by atoms with E-state index >= 15 is 4.39 Å². The summed E-state index contributed by atoms with van der Waals surface area (Å²) in [6, 6.07) is 18.9. The number of benzene rings is 3. The molecule has 7 nitrogen and oxygen atoms in total. The number of hydrogen-bond donors (Lipinski definition) is 3. The van der Waals surface area contributed by atoms with Crippen molar-refractivity contribution in [1.82, 2.24) is 10.2 Å². The Bertz CT molecular complexity index is 1500. The van der Waals surface area contributed by atoms with Gasteiger partial charge in [0.1, 0.15) is 4.90 Å². The largest absolute Gasteiger partial charge is 0.326 e. The molecule has 0 aliphatic rings. The number of aromatic nitrogens is 2. The third-order valence-corrected chi connectivity index (χ3v) is 6.80. The fraction of sp³-hybridized carbons (Fsp3) is 0.154. The van der Waals surface area contributed by atoms with E-state index in [9.17, 15) is 13.2 Å². The van der Waals surface area contributed by atoms with Crippen LogP contribution in [0.5, 0.6) is 0 Å². The summed E-state index contributed by atoms with van der Waals surface area (Å²) >= 11 is 0. The average Bonchev–Trinajstić information content (AvgIpc) is 3.29. The Morgan fingerprint density at radius 2 is 1.77 bits per heavy atom. The Hall–Kier alpha value is -3.82. The fourth-order valence-corrected chi connectivity index (χ4v) is 5.03. The summed E-state index contributed by atoms with van der Waals surface area (Å²) < 4.78 is 40.6. The van der Waals surface area contributed by atoms with Gasteiger partial charge in [-0.15, -0.1) is 0 Å². The quantitative estimate of drug-likeness (QED) is 0.350. The van der Waals surface area contributed by atoms with Crippen LogP contribution in [0.3, 0.4) is 0 Å². The third-order valence-electron chi connectivity index (χ3n) is 5.66. The molecule has 35 heavy (non-hydrogen) atoms. The van der Waals surface area contributed by atoms with E-state index in [1.165, 1.54) is 12.1 Å². The Balaban J connectivity index is 1.77. The fourth-order valence-electron chi connectivity index (χ4n) is 4.00. The van der Waals surface area contributed by atoms with E-state index in [4.69, 9.17) is 5.73 Å². The van der Waals surface area contributed by atoms with Crippen molar-refractivity contribution < 1.29 is 17.6 Å². The van der Waals surface area contributed by atoms with Crippen LogP contribution in [0.2, 0.25) is 0 Å².